The lowest BCUT2D eigenvalue weighted by Crippen LogP contribution is -2.50. The summed E-state index contributed by atoms with van der Waals surface area (Å²) in [5.74, 6) is 1.57. The Hall–Kier alpha value is -0.590. The maximum atomic E-state index is 12.7. The van der Waals surface area contributed by atoms with Gasteiger partial charge in [-0.05, 0) is 72.7 Å². The fourth-order valence-corrected chi connectivity index (χ4v) is 6.04. The van der Waals surface area contributed by atoms with Gasteiger partial charge in [0.15, 0.2) is 0 Å². The first-order chi connectivity index (χ1) is 9.81. The first-order valence-electron chi connectivity index (χ1n) is 8.78. The van der Waals surface area contributed by atoms with Gasteiger partial charge < -0.3 is 0 Å². The third-order valence-electron chi connectivity index (χ3n) is 7.21. The lowest BCUT2D eigenvalue weighted by Gasteiger charge is -2.59. The quantitative estimate of drug-likeness (QED) is 0.487. The molecule has 1 heteroatoms. The lowest BCUT2D eigenvalue weighted by molar-refractivity contribution is -0.0489. The van der Waals surface area contributed by atoms with E-state index in [0.717, 1.165) is 31.0 Å². The summed E-state index contributed by atoms with van der Waals surface area (Å²) in [5, 5.41) is 0. The molecule has 0 bridgehead atoms. The van der Waals surface area contributed by atoms with E-state index in [1.54, 1.807) is 11.6 Å². The SMILES string of the molecule is CC1(C)CCC[C@]2(C)[C@H]3CC[C@](C)(/C=C/F)CC3=CC[C@@H]12. The summed E-state index contributed by atoms with van der Waals surface area (Å²) < 4.78 is 12.7. The Kier molecular flexibility index (Phi) is 3.62. The van der Waals surface area contributed by atoms with Crippen molar-refractivity contribution < 1.29 is 4.39 Å². The van der Waals surface area contributed by atoms with Gasteiger partial charge in [-0.25, -0.2) is 4.39 Å². The average molecular weight is 290 g/mol. The van der Waals surface area contributed by atoms with Gasteiger partial charge in [-0.15, -0.1) is 0 Å². The van der Waals surface area contributed by atoms with Gasteiger partial charge in [0.05, 0.1) is 6.33 Å². The Morgan fingerprint density at radius 2 is 1.90 bits per heavy atom. The molecule has 0 heterocycles. The highest BCUT2D eigenvalue weighted by molar-refractivity contribution is 5.25. The zero-order valence-electron chi connectivity index (χ0n) is 14.2. The standard InChI is InChI=1S/C20H31F/c1-18(2)9-5-10-20(4)16-8-11-19(3,12-13-21)14-15(16)6-7-17(18)20/h6,12-13,16-17H,5,7-11,14H2,1-4H3/b13-12+/t16-,17-,19+,20+/m0/s1. The lowest BCUT2D eigenvalue weighted by atomic mass is 9.46. The van der Waals surface area contributed by atoms with Crippen LogP contribution in [-0.4, -0.2) is 0 Å². The number of allylic oxidation sites excluding steroid dienone is 3. The van der Waals surface area contributed by atoms with Crippen molar-refractivity contribution in [2.45, 2.75) is 72.6 Å². The Bertz CT molecular complexity index is 472. The maximum Gasteiger partial charge on any atom is 0.0832 e. The van der Waals surface area contributed by atoms with Crippen molar-refractivity contribution in [2.75, 3.05) is 0 Å². The van der Waals surface area contributed by atoms with Gasteiger partial charge in [-0.2, -0.15) is 0 Å². The fraction of sp³-hybridized carbons (Fsp3) is 0.800. The van der Waals surface area contributed by atoms with Crippen molar-refractivity contribution in [3.8, 4) is 0 Å². The van der Waals surface area contributed by atoms with Gasteiger partial charge in [-0.3, -0.25) is 0 Å². The van der Waals surface area contributed by atoms with E-state index in [1.807, 2.05) is 0 Å². The molecule has 4 atom stereocenters. The molecule has 3 aliphatic rings. The molecule has 0 radical (unpaired) electrons. The van der Waals surface area contributed by atoms with E-state index in [0.29, 0.717) is 10.8 Å². The molecule has 3 aliphatic carbocycles. The maximum absolute atomic E-state index is 12.7. The molecule has 0 nitrogen and oxygen atoms in total. The summed E-state index contributed by atoms with van der Waals surface area (Å²) in [6.45, 7) is 9.74. The topological polar surface area (TPSA) is 0 Å². The molecule has 0 unspecified atom stereocenters. The number of hydrogen-bond acceptors (Lipinski definition) is 0. The van der Waals surface area contributed by atoms with Crippen LogP contribution in [-0.2, 0) is 0 Å². The van der Waals surface area contributed by atoms with Gasteiger partial charge in [0.1, 0.15) is 0 Å². The molecule has 0 spiro atoms. The van der Waals surface area contributed by atoms with Crippen LogP contribution >= 0.6 is 0 Å². The number of hydrogen-bond donors (Lipinski definition) is 0. The summed E-state index contributed by atoms with van der Waals surface area (Å²) in [5.41, 5.74) is 2.64. The smallest absolute Gasteiger partial charge is 0.0832 e. The van der Waals surface area contributed by atoms with Crippen LogP contribution in [0.3, 0.4) is 0 Å². The molecule has 0 amide bonds. The Morgan fingerprint density at radius 1 is 1.14 bits per heavy atom. The van der Waals surface area contributed by atoms with Gasteiger partial charge >= 0.3 is 0 Å². The predicted octanol–water partition coefficient (Wildman–Crippen LogP) is 6.44. The second-order valence-electron chi connectivity index (χ2n) is 9.13. The monoisotopic (exact) mass is 290 g/mol. The van der Waals surface area contributed by atoms with Gasteiger partial charge in [-0.1, -0.05) is 45.8 Å². The molecule has 2 fully saturated rings. The van der Waals surface area contributed by atoms with E-state index in [4.69, 9.17) is 0 Å². The minimum absolute atomic E-state index is 0.0461. The summed E-state index contributed by atoms with van der Waals surface area (Å²) in [6.07, 6.45) is 13.9. The van der Waals surface area contributed by atoms with Crippen LogP contribution in [0.15, 0.2) is 24.1 Å². The van der Waals surface area contributed by atoms with E-state index >= 15 is 0 Å². The van der Waals surface area contributed by atoms with E-state index in [1.165, 1.54) is 32.1 Å². The van der Waals surface area contributed by atoms with Crippen LogP contribution in [0.1, 0.15) is 72.6 Å². The van der Waals surface area contributed by atoms with Crippen molar-refractivity contribution in [3.05, 3.63) is 24.1 Å². The number of fused-ring (bicyclic) bond motifs is 3. The molecular weight excluding hydrogens is 259 g/mol. The number of rotatable bonds is 1. The van der Waals surface area contributed by atoms with Gasteiger partial charge in [0.25, 0.3) is 0 Å². The van der Waals surface area contributed by atoms with Crippen LogP contribution in [0.5, 0.6) is 0 Å². The molecular formula is C20H31F. The highest BCUT2D eigenvalue weighted by atomic mass is 19.1. The van der Waals surface area contributed by atoms with Gasteiger partial charge in [0.2, 0.25) is 0 Å². The normalized spacial score (nSPS) is 45.9. The zero-order chi connectivity index (χ0) is 15.3. The largest absolute Gasteiger partial charge is 0.216 e. The molecule has 0 aromatic rings. The van der Waals surface area contributed by atoms with Crippen LogP contribution < -0.4 is 0 Å². The minimum Gasteiger partial charge on any atom is -0.216 e. The van der Waals surface area contributed by atoms with Crippen LogP contribution in [0, 0.1) is 28.1 Å². The second-order valence-corrected chi connectivity index (χ2v) is 9.13. The minimum atomic E-state index is 0.0461. The Morgan fingerprint density at radius 3 is 2.62 bits per heavy atom. The highest BCUT2D eigenvalue weighted by Gasteiger charge is 2.53. The van der Waals surface area contributed by atoms with Crippen LogP contribution in [0.2, 0.25) is 0 Å². The molecule has 118 valence electrons. The molecule has 21 heavy (non-hydrogen) atoms. The summed E-state index contributed by atoms with van der Waals surface area (Å²) in [6, 6.07) is 0. The second kappa shape index (κ2) is 4.96. The molecule has 0 aromatic heterocycles. The first kappa shape index (κ1) is 15.3. The first-order valence-corrected chi connectivity index (χ1v) is 8.78. The van der Waals surface area contributed by atoms with Crippen LogP contribution in [0.25, 0.3) is 0 Å². The van der Waals surface area contributed by atoms with Gasteiger partial charge in [0, 0.05) is 0 Å². The Labute approximate surface area is 129 Å². The number of halogens is 1. The molecule has 0 saturated heterocycles. The Balaban J connectivity index is 1.91. The molecule has 0 N–H and O–H groups in total. The van der Waals surface area contributed by atoms with E-state index < -0.39 is 0 Å². The molecule has 2 saturated carbocycles. The van der Waals surface area contributed by atoms with E-state index in [2.05, 4.69) is 33.8 Å². The molecule has 3 rings (SSSR count). The van der Waals surface area contributed by atoms with Crippen molar-refractivity contribution >= 4 is 0 Å². The third-order valence-corrected chi connectivity index (χ3v) is 7.21. The van der Waals surface area contributed by atoms with Crippen molar-refractivity contribution in [3.63, 3.8) is 0 Å². The summed E-state index contributed by atoms with van der Waals surface area (Å²) in [7, 11) is 0. The summed E-state index contributed by atoms with van der Waals surface area (Å²) in [4.78, 5) is 0. The van der Waals surface area contributed by atoms with E-state index in [9.17, 15) is 4.39 Å². The van der Waals surface area contributed by atoms with Crippen molar-refractivity contribution in [1.82, 2.24) is 0 Å². The average Bonchev–Trinajstić information content (AvgIpc) is 2.37. The molecule has 0 aliphatic heterocycles. The van der Waals surface area contributed by atoms with Crippen molar-refractivity contribution in [2.24, 2.45) is 28.1 Å². The fourth-order valence-electron chi connectivity index (χ4n) is 6.04. The summed E-state index contributed by atoms with van der Waals surface area (Å²) >= 11 is 0. The molecule has 0 aromatic carbocycles. The highest BCUT2D eigenvalue weighted by Crippen LogP contribution is 2.63. The zero-order valence-corrected chi connectivity index (χ0v) is 14.2. The van der Waals surface area contributed by atoms with E-state index in [-0.39, 0.29) is 5.41 Å². The van der Waals surface area contributed by atoms with Crippen LogP contribution in [0.4, 0.5) is 4.39 Å². The van der Waals surface area contributed by atoms with Crippen molar-refractivity contribution in [1.29, 1.82) is 0 Å². The third kappa shape index (κ3) is 2.41. The predicted molar refractivity (Wildman–Crippen MR) is 87.6 cm³/mol.